The molecule has 3 aliphatic heterocycles. The van der Waals surface area contributed by atoms with Crippen LogP contribution < -0.4 is 5.32 Å². The lowest BCUT2D eigenvalue weighted by atomic mass is 9.79. The van der Waals surface area contributed by atoms with Crippen LogP contribution in [0, 0.1) is 12.8 Å². The Morgan fingerprint density at radius 3 is 2.79 bits per heavy atom. The lowest BCUT2D eigenvalue weighted by Gasteiger charge is -2.49. The summed E-state index contributed by atoms with van der Waals surface area (Å²) in [5, 5.41) is 3.31. The maximum absolute atomic E-state index is 12.7. The molecule has 4 nitrogen and oxygen atoms in total. The molecule has 5 rings (SSSR count). The first-order chi connectivity index (χ1) is 11.6. The predicted molar refractivity (Wildman–Crippen MR) is 97.3 cm³/mol. The van der Waals surface area contributed by atoms with Crippen molar-refractivity contribution in [2.24, 2.45) is 5.92 Å². The van der Waals surface area contributed by atoms with E-state index in [2.05, 4.69) is 28.2 Å². The van der Waals surface area contributed by atoms with Gasteiger partial charge in [0.05, 0.1) is 4.88 Å². The molecule has 2 bridgehead atoms. The molecule has 0 saturated carbocycles. The third-order valence-corrected chi connectivity index (χ3v) is 6.62. The van der Waals surface area contributed by atoms with E-state index in [1.807, 2.05) is 31.3 Å². The van der Waals surface area contributed by atoms with Crippen LogP contribution in [0.3, 0.4) is 0 Å². The van der Waals surface area contributed by atoms with Gasteiger partial charge in [0, 0.05) is 28.9 Å². The zero-order chi connectivity index (χ0) is 16.7. The van der Waals surface area contributed by atoms with Crippen LogP contribution in [0.4, 0.5) is 0 Å². The van der Waals surface area contributed by atoms with E-state index in [9.17, 15) is 4.79 Å². The van der Waals surface area contributed by atoms with Crippen molar-refractivity contribution in [1.29, 1.82) is 0 Å². The van der Waals surface area contributed by atoms with Gasteiger partial charge in [0.1, 0.15) is 0 Å². The van der Waals surface area contributed by atoms with E-state index in [4.69, 9.17) is 0 Å². The number of nitrogens with zero attached hydrogens (tertiary/aromatic N) is 2. The summed E-state index contributed by atoms with van der Waals surface area (Å²) < 4.78 is 0. The van der Waals surface area contributed by atoms with Crippen LogP contribution in [0.25, 0.3) is 10.4 Å². The highest BCUT2D eigenvalue weighted by molar-refractivity contribution is 7.17. The van der Waals surface area contributed by atoms with Gasteiger partial charge in [0.15, 0.2) is 0 Å². The van der Waals surface area contributed by atoms with Crippen molar-refractivity contribution in [3.63, 3.8) is 0 Å². The van der Waals surface area contributed by atoms with E-state index >= 15 is 0 Å². The molecule has 0 radical (unpaired) electrons. The van der Waals surface area contributed by atoms with Crippen LogP contribution in [-0.4, -0.2) is 41.0 Å². The van der Waals surface area contributed by atoms with Crippen molar-refractivity contribution in [2.75, 3.05) is 13.1 Å². The number of thiophene rings is 1. The second-order valence-electron chi connectivity index (χ2n) is 6.96. The second kappa shape index (κ2) is 6.30. The molecule has 1 amide bonds. The fourth-order valence-electron chi connectivity index (χ4n) is 4.08. The topological polar surface area (TPSA) is 45.2 Å². The molecule has 5 heterocycles. The first-order valence-corrected chi connectivity index (χ1v) is 9.51. The molecule has 2 aromatic rings. The Bertz CT molecular complexity index is 747. The highest BCUT2D eigenvalue weighted by atomic mass is 32.1. The Labute approximate surface area is 146 Å². The van der Waals surface area contributed by atoms with Gasteiger partial charge in [-0.15, -0.1) is 11.3 Å². The van der Waals surface area contributed by atoms with Crippen LogP contribution in [0.15, 0.2) is 30.5 Å². The summed E-state index contributed by atoms with van der Waals surface area (Å²) in [4.78, 5) is 21.4. The number of rotatable bonds is 3. The third-order valence-electron chi connectivity index (χ3n) is 5.49. The smallest absolute Gasteiger partial charge is 0.261 e. The number of pyridine rings is 1. The van der Waals surface area contributed by atoms with Gasteiger partial charge in [0.25, 0.3) is 5.91 Å². The van der Waals surface area contributed by atoms with Crippen molar-refractivity contribution < 1.29 is 4.79 Å². The summed E-state index contributed by atoms with van der Waals surface area (Å²) in [5.74, 6) is 0.707. The average Bonchev–Trinajstić information content (AvgIpc) is 3.09. The highest BCUT2D eigenvalue weighted by Gasteiger charge is 2.40. The Morgan fingerprint density at radius 2 is 2.08 bits per heavy atom. The predicted octanol–water partition coefficient (Wildman–Crippen LogP) is 3.33. The van der Waals surface area contributed by atoms with Gasteiger partial charge in [-0.1, -0.05) is 0 Å². The molecule has 126 valence electrons. The second-order valence-corrected chi connectivity index (χ2v) is 8.05. The zero-order valence-electron chi connectivity index (χ0n) is 14.2. The van der Waals surface area contributed by atoms with Gasteiger partial charge < -0.3 is 5.32 Å². The number of carbonyl (C=O) groups excluding carboxylic acids is 1. The van der Waals surface area contributed by atoms with Crippen molar-refractivity contribution in [2.45, 2.75) is 38.8 Å². The minimum Gasteiger partial charge on any atom is -0.347 e. The van der Waals surface area contributed by atoms with Crippen molar-refractivity contribution in [3.8, 4) is 10.4 Å². The Hall–Kier alpha value is -1.72. The van der Waals surface area contributed by atoms with Gasteiger partial charge in [-0.2, -0.15) is 0 Å². The molecule has 3 aliphatic rings. The number of aromatic nitrogens is 1. The van der Waals surface area contributed by atoms with Crippen molar-refractivity contribution in [1.82, 2.24) is 15.2 Å². The Kier molecular flexibility index (Phi) is 4.14. The minimum atomic E-state index is 0.0719. The molecule has 0 spiro atoms. The SMILES string of the molecule is Cc1cc(-c2ccc(C(=O)N[C@@H]3C4CCN(CC4)[C@H]3C)s2)ccn1. The Balaban J connectivity index is 1.49. The standard InChI is InChI=1S/C19H23N3OS/c1-12-11-15(5-8-20-12)16-3-4-17(24-16)19(23)21-18-13(2)22-9-6-14(18)7-10-22/h3-5,8,11,13-14,18H,6-7,9-10H2,1-2H3,(H,21,23)/t13-,18-/m0/s1. The zero-order valence-corrected chi connectivity index (χ0v) is 15.0. The summed E-state index contributed by atoms with van der Waals surface area (Å²) in [6, 6.07) is 8.77. The third kappa shape index (κ3) is 2.87. The highest BCUT2D eigenvalue weighted by Crippen LogP contribution is 2.33. The van der Waals surface area contributed by atoms with Crippen LogP contribution in [-0.2, 0) is 0 Å². The van der Waals surface area contributed by atoms with Crippen LogP contribution in [0.5, 0.6) is 0 Å². The van der Waals surface area contributed by atoms with Gasteiger partial charge in [-0.25, -0.2) is 0 Å². The quantitative estimate of drug-likeness (QED) is 0.931. The number of aryl methyl sites for hydroxylation is 1. The molecule has 2 aromatic heterocycles. The maximum Gasteiger partial charge on any atom is 0.261 e. The van der Waals surface area contributed by atoms with Gasteiger partial charge in [-0.05, 0) is 75.5 Å². The van der Waals surface area contributed by atoms with Gasteiger partial charge in [0.2, 0.25) is 0 Å². The molecular formula is C19H23N3OS. The van der Waals surface area contributed by atoms with E-state index in [1.165, 1.54) is 25.9 Å². The molecule has 3 saturated heterocycles. The molecule has 24 heavy (non-hydrogen) atoms. The maximum atomic E-state index is 12.7. The lowest BCUT2D eigenvalue weighted by molar-refractivity contribution is 0.0218. The van der Waals surface area contributed by atoms with E-state index in [1.54, 1.807) is 11.3 Å². The monoisotopic (exact) mass is 341 g/mol. The Morgan fingerprint density at radius 1 is 1.29 bits per heavy atom. The summed E-state index contributed by atoms with van der Waals surface area (Å²) in [7, 11) is 0. The van der Waals surface area contributed by atoms with Crippen LogP contribution in [0.2, 0.25) is 0 Å². The average molecular weight is 341 g/mol. The number of hydrogen-bond acceptors (Lipinski definition) is 4. The van der Waals surface area contributed by atoms with Crippen molar-refractivity contribution in [3.05, 3.63) is 41.0 Å². The van der Waals surface area contributed by atoms with Crippen LogP contribution in [0.1, 0.15) is 35.1 Å². The molecular weight excluding hydrogens is 318 g/mol. The fourth-order valence-corrected chi connectivity index (χ4v) is 4.99. The normalized spacial score (nSPS) is 28.8. The first kappa shape index (κ1) is 15.8. The van der Waals surface area contributed by atoms with Crippen molar-refractivity contribution >= 4 is 17.2 Å². The first-order valence-electron chi connectivity index (χ1n) is 8.69. The number of amides is 1. The van der Waals surface area contributed by atoms with E-state index < -0.39 is 0 Å². The number of hydrogen-bond donors (Lipinski definition) is 1. The summed E-state index contributed by atoms with van der Waals surface area (Å²) in [5.41, 5.74) is 2.12. The molecule has 5 heteroatoms. The van der Waals surface area contributed by atoms with Crippen LogP contribution >= 0.6 is 11.3 Å². The lowest BCUT2D eigenvalue weighted by Crippen LogP contribution is -2.62. The molecule has 1 N–H and O–H groups in total. The number of nitrogens with one attached hydrogen (secondary N) is 1. The number of fused-ring (bicyclic) bond motifs is 3. The molecule has 0 unspecified atom stereocenters. The summed E-state index contributed by atoms with van der Waals surface area (Å²) in [6.45, 7) is 6.60. The largest absolute Gasteiger partial charge is 0.347 e. The summed E-state index contributed by atoms with van der Waals surface area (Å²) >= 11 is 1.56. The molecule has 0 aromatic carbocycles. The van der Waals surface area contributed by atoms with E-state index in [-0.39, 0.29) is 11.9 Å². The van der Waals surface area contributed by atoms with E-state index in [0.717, 1.165) is 21.0 Å². The number of piperidine rings is 3. The number of carbonyl (C=O) groups is 1. The van der Waals surface area contributed by atoms with Gasteiger partial charge in [-0.3, -0.25) is 14.7 Å². The van der Waals surface area contributed by atoms with Gasteiger partial charge >= 0.3 is 0 Å². The molecule has 3 fully saturated rings. The fraction of sp³-hybridized carbons (Fsp3) is 0.474. The van der Waals surface area contributed by atoms with E-state index in [0.29, 0.717) is 12.0 Å². The molecule has 0 aliphatic carbocycles. The summed E-state index contributed by atoms with van der Waals surface area (Å²) in [6.07, 6.45) is 4.24. The minimum absolute atomic E-state index is 0.0719. The molecule has 2 atom stereocenters.